The summed E-state index contributed by atoms with van der Waals surface area (Å²) >= 11 is 0. The maximum absolute atomic E-state index is 13.9. The number of halogens is 1. The average molecular weight is 413 g/mol. The Kier molecular flexibility index (Phi) is 6.69. The number of urea groups is 1. The molecule has 4 rings (SSSR count). The Balaban J connectivity index is 1.11. The smallest absolute Gasteiger partial charge is 0.315 e. The summed E-state index contributed by atoms with van der Waals surface area (Å²) in [6.07, 6.45) is 1.67. The number of ether oxygens (including phenoxy) is 1. The van der Waals surface area contributed by atoms with Gasteiger partial charge < -0.3 is 20.3 Å². The van der Waals surface area contributed by atoms with Gasteiger partial charge in [0.1, 0.15) is 18.2 Å². The normalized spacial score (nSPS) is 19.0. The molecule has 7 heteroatoms. The minimum absolute atomic E-state index is 0.00800. The fourth-order valence-electron chi connectivity index (χ4n) is 4.08. The zero-order chi connectivity index (χ0) is 20.8. The number of piperazine rings is 1. The number of nitrogens with zero attached hydrogens (tertiary/aromatic N) is 2. The van der Waals surface area contributed by atoms with Gasteiger partial charge in [0.25, 0.3) is 0 Å². The first-order valence-corrected chi connectivity index (χ1v) is 10.7. The second-order valence-corrected chi connectivity index (χ2v) is 7.85. The molecule has 1 atom stereocenters. The highest BCUT2D eigenvalue weighted by molar-refractivity contribution is 5.74. The summed E-state index contributed by atoms with van der Waals surface area (Å²) in [5.41, 5.74) is 1.81. The third-order valence-corrected chi connectivity index (χ3v) is 5.72. The van der Waals surface area contributed by atoms with Gasteiger partial charge in [-0.25, -0.2) is 9.18 Å². The van der Waals surface area contributed by atoms with Crippen LogP contribution in [0.3, 0.4) is 0 Å². The van der Waals surface area contributed by atoms with Crippen molar-refractivity contribution in [2.24, 2.45) is 0 Å². The number of fused-ring (bicyclic) bond motifs is 1. The van der Waals surface area contributed by atoms with Crippen LogP contribution in [0.25, 0.3) is 0 Å². The third kappa shape index (κ3) is 5.21. The lowest BCUT2D eigenvalue weighted by Crippen LogP contribution is -2.48. The topological polar surface area (TPSA) is 56.8 Å². The number of benzene rings is 2. The van der Waals surface area contributed by atoms with Gasteiger partial charge in [0.05, 0.1) is 11.7 Å². The van der Waals surface area contributed by atoms with Gasteiger partial charge in [0.15, 0.2) is 0 Å². The van der Waals surface area contributed by atoms with Crippen molar-refractivity contribution in [2.45, 2.75) is 18.9 Å². The fraction of sp³-hybridized carbons (Fsp3) is 0.435. The molecular weight excluding hydrogens is 383 g/mol. The van der Waals surface area contributed by atoms with Crippen LogP contribution in [0.4, 0.5) is 14.9 Å². The quantitative estimate of drug-likeness (QED) is 0.717. The van der Waals surface area contributed by atoms with Gasteiger partial charge in [0, 0.05) is 32.7 Å². The number of carbonyl (C=O) groups excluding carboxylic acids is 1. The van der Waals surface area contributed by atoms with Crippen molar-refractivity contribution >= 4 is 11.7 Å². The number of rotatable bonds is 6. The Hall–Kier alpha value is -2.80. The Bertz CT molecular complexity index is 855. The van der Waals surface area contributed by atoms with Crippen LogP contribution in [-0.2, 0) is 6.42 Å². The lowest BCUT2D eigenvalue weighted by molar-refractivity contribution is 0.213. The van der Waals surface area contributed by atoms with Crippen molar-refractivity contribution in [2.75, 3.05) is 50.8 Å². The number of para-hydroxylation sites is 2. The average Bonchev–Trinajstić information content (AvgIpc) is 2.77. The zero-order valence-corrected chi connectivity index (χ0v) is 17.1. The van der Waals surface area contributed by atoms with Gasteiger partial charge in [0.2, 0.25) is 0 Å². The van der Waals surface area contributed by atoms with Crippen LogP contribution in [0, 0.1) is 5.82 Å². The first-order chi connectivity index (χ1) is 14.7. The maximum atomic E-state index is 13.9. The SMILES string of the molecule is O=C(NCCCN1CCN(c2ccccc2F)CC1)N[C@@H]1COc2ccccc2C1. The third-order valence-electron chi connectivity index (χ3n) is 5.72. The largest absolute Gasteiger partial charge is 0.491 e. The van der Waals surface area contributed by atoms with E-state index >= 15 is 0 Å². The van der Waals surface area contributed by atoms with Crippen LogP contribution in [-0.4, -0.2) is 62.8 Å². The zero-order valence-electron chi connectivity index (χ0n) is 17.1. The van der Waals surface area contributed by atoms with Gasteiger partial charge >= 0.3 is 6.03 Å². The standard InChI is InChI=1S/C23H29FN4O2/c24-20-7-2-3-8-21(20)28-14-12-27(13-15-28)11-5-10-25-23(29)26-19-16-18-6-1-4-9-22(18)30-17-19/h1-4,6-9,19H,5,10-17H2,(H2,25,26,29)/t19-/m0/s1. The van der Waals surface area contributed by atoms with Gasteiger partial charge in [-0.05, 0) is 43.1 Å². The highest BCUT2D eigenvalue weighted by atomic mass is 19.1. The van der Waals surface area contributed by atoms with Crippen LogP contribution in [0.2, 0.25) is 0 Å². The Morgan fingerprint density at radius 2 is 1.83 bits per heavy atom. The number of hydrogen-bond donors (Lipinski definition) is 2. The Morgan fingerprint density at radius 3 is 2.67 bits per heavy atom. The first-order valence-electron chi connectivity index (χ1n) is 10.7. The molecule has 0 unspecified atom stereocenters. The minimum atomic E-state index is -0.159. The number of carbonyl (C=O) groups is 1. The molecule has 0 aliphatic carbocycles. The van der Waals surface area contributed by atoms with E-state index in [1.165, 1.54) is 6.07 Å². The number of hydrogen-bond acceptors (Lipinski definition) is 4. The molecule has 2 amide bonds. The highest BCUT2D eigenvalue weighted by Gasteiger charge is 2.21. The van der Waals surface area contributed by atoms with Crippen LogP contribution in [0.15, 0.2) is 48.5 Å². The van der Waals surface area contributed by atoms with Crippen molar-refractivity contribution < 1.29 is 13.9 Å². The number of amides is 2. The van der Waals surface area contributed by atoms with Crippen LogP contribution >= 0.6 is 0 Å². The molecule has 30 heavy (non-hydrogen) atoms. The molecule has 0 saturated carbocycles. The van der Waals surface area contributed by atoms with E-state index in [-0.39, 0.29) is 17.9 Å². The molecule has 2 heterocycles. The molecule has 2 aromatic carbocycles. The fourth-order valence-corrected chi connectivity index (χ4v) is 4.08. The summed E-state index contributed by atoms with van der Waals surface area (Å²) in [6, 6.07) is 14.7. The minimum Gasteiger partial charge on any atom is -0.491 e. The van der Waals surface area contributed by atoms with E-state index in [0.29, 0.717) is 18.8 Å². The Labute approximate surface area is 177 Å². The van der Waals surface area contributed by atoms with Gasteiger partial charge in [-0.15, -0.1) is 0 Å². The van der Waals surface area contributed by atoms with Crippen molar-refractivity contribution in [3.63, 3.8) is 0 Å². The molecule has 0 radical (unpaired) electrons. The van der Waals surface area contributed by atoms with Crippen molar-refractivity contribution in [1.29, 1.82) is 0 Å². The second-order valence-electron chi connectivity index (χ2n) is 7.85. The predicted octanol–water partition coefficient (Wildman–Crippen LogP) is 2.64. The van der Waals surface area contributed by atoms with Crippen LogP contribution < -0.4 is 20.3 Å². The van der Waals surface area contributed by atoms with E-state index in [1.54, 1.807) is 6.07 Å². The molecule has 2 N–H and O–H groups in total. The summed E-state index contributed by atoms with van der Waals surface area (Å²) in [4.78, 5) is 16.6. The monoisotopic (exact) mass is 412 g/mol. The molecule has 0 aromatic heterocycles. The molecule has 160 valence electrons. The summed E-state index contributed by atoms with van der Waals surface area (Å²) in [5, 5.41) is 5.94. The van der Waals surface area contributed by atoms with Gasteiger partial charge in [-0.3, -0.25) is 4.90 Å². The molecular formula is C23H29FN4O2. The number of nitrogens with one attached hydrogen (secondary N) is 2. The molecule has 2 aromatic rings. The van der Waals surface area contributed by atoms with Crippen molar-refractivity contribution in [3.05, 3.63) is 59.9 Å². The molecule has 2 aliphatic heterocycles. The molecule has 6 nitrogen and oxygen atoms in total. The lowest BCUT2D eigenvalue weighted by Gasteiger charge is -2.36. The van der Waals surface area contributed by atoms with E-state index in [9.17, 15) is 9.18 Å². The van der Waals surface area contributed by atoms with Gasteiger partial charge in [-0.2, -0.15) is 0 Å². The molecule has 1 fully saturated rings. The first kappa shape index (κ1) is 20.5. The van der Waals surface area contributed by atoms with E-state index in [2.05, 4.69) is 20.4 Å². The van der Waals surface area contributed by atoms with E-state index in [0.717, 1.165) is 56.9 Å². The predicted molar refractivity (Wildman–Crippen MR) is 116 cm³/mol. The second kappa shape index (κ2) is 9.80. The summed E-state index contributed by atoms with van der Waals surface area (Å²) in [6.45, 7) is 5.49. The van der Waals surface area contributed by atoms with Crippen LogP contribution in [0.5, 0.6) is 5.75 Å². The molecule has 0 bridgehead atoms. The Morgan fingerprint density at radius 1 is 1.07 bits per heavy atom. The lowest BCUT2D eigenvalue weighted by atomic mass is 10.0. The van der Waals surface area contributed by atoms with Gasteiger partial charge in [-0.1, -0.05) is 30.3 Å². The summed E-state index contributed by atoms with van der Waals surface area (Å²) in [5.74, 6) is 0.749. The maximum Gasteiger partial charge on any atom is 0.315 e. The molecule has 0 spiro atoms. The highest BCUT2D eigenvalue weighted by Crippen LogP contribution is 2.24. The summed E-state index contributed by atoms with van der Waals surface area (Å²) in [7, 11) is 0. The number of anilines is 1. The van der Waals surface area contributed by atoms with E-state index in [1.807, 2.05) is 36.4 Å². The van der Waals surface area contributed by atoms with Crippen molar-refractivity contribution in [3.8, 4) is 5.75 Å². The van der Waals surface area contributed by atoms with Crippen molar-refractivity contribution in [1.82, 2.24) is 15.5 Å². The van der Waals surface area contributed by atoms with E-state index < -0.39 is 0 Å². The summed E-state index contributed by atoms with van der Waals surface area (Å²) < 4.78 is 19.6. The van der Waals surface area contributed by atoms with Crippen LogP contribution in [0.1, 0.15) is 12.0 Å². The molecule has 2 aliphatic rings. The van der Waals surface area contributed by atoms with E-state index in [4.69, 9.17) is 4.74 Å². The molecule has 1 saturated heterocycles.